The van der Waals surface area contributed by atoms with Crippen molar-refractivity contribution in [3.05, 3.63) is 42.2 Å². The second-order valence-corrected chi connectivity index (χ2v) is 10.9. The number of carbonyl (C=O) groups excluding carboxylic acids is 1. The van der Waals surface area contributed by atoms with Crippen molar-refractivity contribution in [2.24, 2.45) is 5.92 Å². The molecule has 8 heteroatoms. The maximum Gasteiger partial charge on any atom is 0.257 e. The lowest BCUT2D eigenvalue weighted by Crippen LogP contribution is -2.38. The lowest BCUT2D eigenvalue weighted by Gasteiger charge is -2.31. The standard InChI is InChI=1S/C23H28N4O3S/c1-4-16-9-11-27(12-10-16)23(28)19-13-24-22-21(19)26-20(14-25-22)17-5-7-18(8-6-17)31(29,30)15(2)3/h5-8,13-16H,4,9-12H2,1-3H3,(H,24,25). The maximum atomic E-state index is 13.1. The number of aromatic amines is 1. The van der Waals surface area contributed by atoms with Crippen molar-refractivity contribution in [3.8, 4) is 11.3 Å². The highest BCUT2D eigenvalue weighted by Crippen LogP contribution is 2.26. The summed E-state index contributed by atoms with van der Waals surface area (Å²) in [5, 5.41) is -0.481. The van der Waals surface area contributed by atoms with E-state index in [4.69, 9.17) is 0 Å². The van der Waals surface area contributed by atoms with E-state index in [9.17, 15) is 13.2 Å². The highest BCUT2D eigenvalue weighted by Gasteiger charge is 2.25. The first-order valence-electron chi connectivity index (χ1n) is 10.8. The largest absolute Gasteiger partial charge is 0.344 e. The Morgan fingerprint density at radius 1 is 1.19 bits per heavy atom. The second kappa shape index (κ2) is 8.42. The van der Waals surface area contributed by atoms with Crippen LogP contribution in [-0.2, 0) is 9.84 Å². The smallest absolute Gasteiger partial charge is 0.257 e. The molecule has 0 bridgehead atoms. The van der Waals surface area contributed by atoms with E-state index in [1.807, 2.05) is 4.90 Å². The molecule has 1 fully saturated rings. The number of H-pyrrole nitrogens is 1. The molecule has 7 nitrogen and oxygen atoms in total. The zero-order valence-corrected chi connectivity index (χ0v) is 18.9. The third-order valence-corrected chi connectivity index (χ3v) is 8.36. The van der Waals surface area contributed by atoms with Crippen LogP contribution in [0.2, 0.25) is 0 Å². The number of amides is 1. The minimum absolute atomic E-state index is 0.0226. The Morgan fingerprint density at radius 3 is 2.48 bits per heavy atom. The average molecular weight is 441 g/mol. The molecule has 0 spiro atoms. The van der Waals surface area contributed by atoms with E-state index < -0.39 is 15.1 Å². The SMILES string of the molecule is CCC1CCN(C(=O)c2c[nH]c3ncc(-c4ccc(S(=O)(=O)C(C)C)cc4)nc23)CC1. The van der Waals surface area contributed by atoms with Gasteiger partial charge in [-0.3, -0.25) is 4.79 Å². The Morgan fingerprint density at radius 2 is 1.87 bits per heavy atom. The van der Waals surface area contributed by atoms with Crippen molar-refractivity contribution in [1.82, 2.24) is 19.9 Å². The molecule has 0 unspecified atom stereocenters. The summed E-state index contributed by atoms with van der Waals surface area (Å²) in [5.41, 5.74) is 2.98. The first-order chi connectivity index (χ1) is 14.8. The van der Waals surface area contributed by atoms with Gasteiger partial charge in [0.2, 0.25) is 0 Å². The van der Waals surface area contributed by atoms with E-state index in [2.05, 4.69) is 21.9 Å². The molecule has 1 amide bonds. The highest BCUT2D eigenvalue weighted by molar-refractivity contribution is 7.92. The molecule has 3 aromatic rings. The number of hydrogen-bond donors (Lipinski definition) is 1. The van der Waals surface area contributed by atoms with E-state index in [-0.39, 0.29) is 10.8 Å². The van der Waals surface area contributed by atoms with Gasteiger partial charge in [0.15, 0.2) is 15.5 Å². The zero-order valence-electron chi connectivity index (χ0n) is 18.1. The molecule has 0 atom stereocenters. The van der Waals surface area contributed by atoms with Crippen LogP contribution in [0.1, 0.15) is 50.4 Å². The molecule has 31 heavy (non-hydrogen) atoms. The average Bonchev–Trinajstić information content (AvgIpc) is 3.22. The van der Waals surface area contributed by atoms with Gasteiger partial charge in [-0.2, -0.15) is 0 Å². The summed E-state index contributed by atoms with van der Waals surface area (Å²) in [6, 6.07) is 6.65. The summed E-state index contributed by atoms with van der Waals surface area (Å²) in [7, 11) is -3.33. The monoisotopic (exact) mass is 440 g/mol. The van der Waals surface area contributed by atoms with E-state index in [0.29, 0.717) is 28.3 Å². The van der Waals surface area contributed by atoms with Crippen LogP contribution in [0.4, 0.5) is 0 Å². The number of sulfone groups is 1. The van der Waals surface area contributed by atoms with Crippen molar-refractivity contribution in [3.63, 3.8) is 0 Å². The number of likely N-dealkylation sites (tertiary alicyclic amines) is 1. The molecule has 0 saturated carbocycles. The number of benzene rings is 1. The van der Waals surface area contributed by atoms with Gasteiger partial charge in [-0.05, 0) is 44.7 Å². The fraction of sp³-hybridized carbons (Fsp3) is 0.435. The Bertz CT molecular complexity index is 1190. The number of hydrogen-bond acceptors (Lipinski definition) is 5. The molecule has 2 aromatic heterocycles. The first-order valence-corrected chi connectivity index (χ1v) is 12.3. The minimum atomic E-state index is -3.33. The Balaban J connectivity index is 1.62. The van der Waals surface area contributed by atoms with Gasteiger partial charge >= 0.3 is 0 Å². The summed E-state index contributed by atoms with van der Waals surface area (Å²) in [6.45, 7) is 7.06. The van der Waals surface area contributed by atoms with E-state index in [1.165, 1.54) is 0 Å². The summed E-state index contributed by atoms with van der Waals surface area (Å²) in [6.07, 6.45) is 6.54. The van der Waals surface area contributed by atoms with Gasteiger partial charge < -0.3 is 9.88 Å². The fourth-order valence-electron chi connectivity index (χ4n) is 4.00. The molecule has 0 aliphatic carbocycles. The zero-order chi connectivity index (χ0) is 22.2. The van der Waals surface area contributed by atoms with Gasteiger partial charge in [0.1, 0.15) is 5.52 Å². The van der Waals surface area contributed by atoms with Gasteiger partial charge in [-0.1, -0.05) is 25.5 Å². The van der Waals surface area contributed by atoms with Crippen LogP contribution in [0.25, 0.3) is 22.4 Å². The summed E-state index contributed by atoms with van der Waals surface area (Å²) >= 11 is 0. The molecular weight excluding hydrogens is 412 g/mol. The van der Waals surface area contributed by atoms with E-state index in [1.54, 1.807) is 50.5 Å². The van der Waals surface area contributed by atoms with Gasteiger partial charge in [0.05, 0.1) is 27.6 Å². The number of carbonyl (C=O) groups is 1. The van der Waals surface area contributed by atoms with Crippen molar-refractivity contribution in [2.75, 3.05) is 13.1 Å². The predicted molar refractivity (Wildman–Crippen MR) is 121 cm³/mol. The molecule has 1 aliphatic heterocycles. The van der Waals surface area contributed by atoms with Gasteiger partial charge in [-0.15, -0.1) is 0 Å². The molecular formula is C23H28N4O3S. The molecule has 1 aliphatic rings. The van der Waals surface area contributed by atoms with Crippen LogP contribution < -0.4 is 0 Å². The van der Waals surface area contributed by atoms with Crippen LogP contribution in [0.3, 0.4) is 0 Å². The lowest BCUT2D eigenvalue weighted by molar-refractivity contribution is 0.0690. The fourth-order valence-corrected chi connectivity index (χ4v) is 5.06. The van der Waals surface area contributed by atoms with Crippen molar-refractivity contribution in [1.29, 1.82) is 0 Å². The third-order valence-electron chi connectivity index (χ3n) is 6.19. The van der Waals surface area contributed by atoms with E-state index in [0.717, 1.165) is 37.9 Å². The maximum absolute atomic E-state index is 13.1. The number of piperidine rings is 1. The van der Waals surface area contributed by atoms with Crippen molar-refractivity contribution in [2.45, 2.75) is 50.2 Å². The number of fused-ring (bicyclic) bond motifs is 1. The van der Waals surface area contributed by atoms with Gasteiger partial charge in [0, 0.05) is 24.8 Å². The molecule has 3 heterocycles. The number of rotatable bonds is 5. The highest BCUT2D eigenvalue weighted by atomic mass is 32.2. The molecule has 0 radical (unpaired) electrons. The van der Waals surface area contributed by atoms with Gasteiger partial charge in [0.25, 0.3) is 5.91 Å². The number of nitrogens with one attached hydrogen (secondary N) is 1. The van der Waals surface area contributed by atoms with Crippen molar-refractivity contribution < 1.29 is 13.2 Å². The van der Waals surface area contributed by atoms with Crippen LogP contribution in [0.15, 0.2) is 41.6 Å². The van der Waals surface area contributed by atoms with Crippen molar-refractivity contribution >= 4 is 26.9 Å². The minimum Gasteiger partial charge on any atom is -0.344 e. The normalized spacial score (nSPS) is 15.7. The Kier molecular flexibility index (Phi) is 5.83. The van der Waals surface area contributed by atoms with Crippen LogP contribution in [0.5, 0.6) is 0 Å². The Hall–Kier alpha value is -2.74. The Labute approximate surface area is 182 Å². The van der Waals surface area contributed by atoms with Crippen LogP contribution in [-0.4, -0.2) is 52.5 Å². The molecule has 164 valence electrons. The predicted octanol–water partition coefficient (Wildman–Crippen LogP) is 4.07. The summed E-state index contributed by atoms with van der Waals surface area (Å²) < 4.78 is 24.7. The third kappa shape index (κ3) is 4.08. The van der Waals surface area contributed by atoms with E-state index >= 15 is 0 Å². The number of nitrogens with zero attached hydrogens (tertiary/aromatic N) is 3. The quantitative estimate of drug-likeness (QED) is 0.645. The lowest BCUT2D eigenvalue weighted by atomic mass is 9.94. The van der Waals surface area contributed by atoms with Crippen LogP contribution in [0, 0.1) is 5.92 Å². The molecule has 1 aromatic carbocycles. The summed E-state index contributed by atoms with van der Waals surface area (Å²) in [5.74, 6) is 0.673. The molecule has 1 saturated heterocycles. The topological polar surface area (TPSA) is 96.0 Å². The van der Waals surface area contributed by atoms with Crippen LogP contribution >= 0.6 is 0 Å². The first kappa shape index (κ1) is 21.5. The number of aromatic nitrogens is 3. The molecule has 4 rings (SSSR count). The summed E-state index contributed by atoms with van der Waals surface area (Å²) in [4.78, 5) is 27.5. The molecule has 1 N–H and O–H groups in total. The van der Waals surface area contributed by atoms with Gasteiger partial charge in [-0.25, -0.2) is 18.4 Å². The second-order valence-electron chi connectivity index (χ2n) is 8.42.